The molecule has 24 heavy (non-hydrogen) atoms. The fourth-order valence-electron chi connectivity index (χ4n) is 3.01. The van der Waals surface area contributed by atoms with Crippen LogP contribution in [0, 0.1) is 0 Å². The summed E-state index contributed by atoms with van der Waals surface area (Å²) in [5, 5.41) is 13.5. The number of carbonyl (C=O) groups excluding carboxylic acids is 1. The summed E-state index contributed by atoms with van der Waals surface area (Å²) in [6.45, 7) is 0.622. The number of likely N-dealkylation sites (tertiary alicyclic amines) is 1. The van der Waals surface area contributed by atoms with Gasteiger partial charge in [0.15, 0.2) is 0 Å². The van der Waals surface area contributed by atoms with Crippen molar-refractivity contribution in [2.24, 2.45) is 0 Å². The Morgan fingerprint density at radius 2 is 2.12 bits per heavy atom. The second-order valence-electron chi connectivity index (χ2n) is 5.77. The molecule has 126 valence electrons. The molecule has 1 aromatic heterocycles. The smallest absolute Gasteiger partial charge is 0.323 e. The molecule has 0 aliphatic carbocycles. The molecule has 2 atom stereocenters. The van der Waals surface area contributed by atoms with Crippen molar-refractivity contribution in [2.45, 2.75) is 25.0 Å². The number of pyridine rings is 1. The molecule has 3 rings (SSSR count). The number of nitrogens with zero attached hydrogens (tertiary/aromatic N) is 2. The van der Waals surface area contributed by atoms with Gasteiger partial charge >= 0.3 is 6.03 Å². The van der Waals surface area contributed by atoms with Crippen LogP contribution in [0.1, 0.15) is 24.5 Å². The number of hydrogen-bond acceptors (Lipinski definition) is 4. The molecule has 2 aromatic rings. The summed E-state index contributed by atoms with van der Waals surface area (Å²) >= 11 is 0. The van der Waals surface area contributed by atoms with Gasteiger partial charge in [-0.3, -0.25) is 5.32 Å². The molecule has 2 amide bonds. The second kappa shape index (κ2) is 7.31. The molecule has 6 nitrogen and oxygen atoms in total. The fraction of sp³-hybridized carbons (Fsp3) is 0.333. The van der Waals surface area contributed by atoms with Crippen molar-refractivity contribution < 1.29 is 14.6 Å². The van der Waals surface area contributed by atoms with Crippen LogP contribution >= 0.6 is 0 Å². The zero-order valence-corrected chi connectivity index (χ0v) is 13.6. The molecular weight excluding hydrogens is 306 g/mol. The summed E-state index contributed by atoms with van der Waals surface area (Å²) in [6.07, 6.45) is 2.53. The van der Waals surface area contributed by atoms with Crippen molar-refractivity contribution in [2.75, 3.05) is 19.0 Å². The van der Waals surface area contributed by atoms with Gasteiger partial charge in [-0.1, -0.05) is 18.2 Å². The largest absolute Gasteiger partial charge is 0.497 e. The van der Waals surface area contributed by atoms with E-state index in [1.807, 2.05) is 30.3 Å². The first kappa shape index (κ1) is 16.3. The average molecular weight is 327 g/mol. The van der Waals surface area contributed by atoms with Crippen LogP contribution in [-0.2, 0) is 0 Å². The van der Waals surface area contributed by atoms with Crippen molar-refractivity contribution in [3.63, 3.8) is 0 Å². The number of benzene rings is 1. The van der Waals surface area contributed by atoms with Crippen LogP contribution in [0.5, 0.6) is 5.75 Å². The number of nitrogens with one attached hydrogen (secondary N) is 1. The molecule has 1 aliphatic heterocycles. The van der Waals surface area contributed by atoms with Gasteiger partial charge in [-0.25, -0.2) is 9.78 Å². The number of methoxy groups -OCH3 is 1. The Hall–Kier alpha value is -2.60. The van der Waals surface area contributed by atoms with E-state index in [4.69, 9.17) is 4.74 Å². The van der Waals surface area contributed by atoms with Crippen molar-refractivity contribution in [1.82, 2.24) is 9.88 Å². The average Bonchev–Trinajstić information content (AvgIpc) is 3.12. The van der Waals surface area contributed by atoms with Crippen LogP contribution in [-0.4, -0.2) is 40.7 Å². The molecule has 0 bridgehead atoms. The van der Waals surface area contributed by atoms with Crippen LogP contribution in [0.3, 0.4) is 0 Å². The van der Waals surface area contributed by atoms with Gasteiger partial charge in [0.05, 0.1) is 19.3 Å². The molecule has 2 N–H and O–H groups in total. The Kier molecular flexibility index (Phi) is 4.96. The first-order valence-electron chi connectivity index (χ1n) is 7.99. The van der Waals surface area contributed by atoms with Gasteiger partial charge in [-0.05, 0) is 42.7 Å². The summed E-state index contributed by atoms with van der Waals surface area (Å²) in [6, 6.07) is 12.2. The number of aliphatic hydroxyl groups excluding tert-OH is 1. The SMILES string of the molecule is COc1ccc([C@@H](O)[C@@H]2CCCN2C(=O)Nc2ccccn2)cc1. The second-order valence-corrected chi connectivity index (χ2v) is 5.77. The number of ether oxygens (including phenoxy) is 1. The minimum absolute atomic E-state index is 0.233. The maximum absolute atomic E-state index is 12.5. The highest BCUT2D eigenvalue weighted by Gasteiger charge is 2.34. The summed E-state index contributed by atoms with van der Waals surface area (Å²) in [7, 11) is 1.60. The van der Waals surface area contributed by atoms with Crippen LogP contribution < -0.4 is 10.1 Å². The van der Waals surface area contributed by atoms with E-state index in [2.05, 4.69) is 10.3 Å². The number of amides is 2. The molecule has 1 fully saturated rings. The van der Waals surface area contributed by atoms with Crippen LogP contribution in [0.15, 0.2) is 48.7 Å². The summed E-state index contributed by atoms with van der Waals surface area (Å²) < 4.78 is 5.14. The van der Waals surface area contributed by atoms with Crippen molar-refractivity contribution in [3.8, 4) is 5.75 Å². The molecule has 1 aliphatic rings. The van der Waals surface area contributed by atoms with E-state index in [-0.39, 0.29) is 12.1 Å². The zero-order valence-electron chi connectivity index (χ0n) is 13.6. The van der Waals surface area contributed by atoms with Crippen LogP contribution in [0.4, 0.5) is 10.6 Å². The lowest BCUT2D eigenvalue weighted by Crippen LogP contribution is -2.41. The van der Waals surface area contributed by atoms with Gasteiger partial charge in [-0.15, -0.1) is 0 Å². The van der Waals surface area contributed by atoms with E-state index in [1.54, 1.807) is 30.3 Å². The lowest BCUT2D eigenvalue weighted by atomic mass is 10.0. The lowest BCUT2D eigenvalue weighted by molar-refractivity contribution is 0.0891. The summed E-state index contributed by atoms with van der Waals surface area (Å²) in [5.74, 6) is 1.24. The molecule has 2 heterocycles. The highest BCUT2D eigenvalue weighted by Crippen LogP contribution is 2.30. The third-order valence-electron chi connectivity index (χ3n) is 4.28. The third kappa shape index (κ3) is 3.49. The lowest BCUT2D eigenvalue weighted by Gasteiger charge is -2.29. The minimum atomic E-state index is -0.729. The van der Waals surface area contributed by atoms with E-state index in [9.17, 15) is 9.90 Å². The highest BCUT2D eigenvalue weighted by atomic mass is 16.5. The topological polar surface area (TPSA) is 74.7 Å². The monoisotopic (exact) mass is 327 g/mol. The van der Waals surface area contributed by atoms with Gasteiger partial charge in [0.25, 0.3) is 0 Å². The molecule has 0 unspecified atom stereocenters. The van der Waals surface area contributed by atoms with Gasteiger partial charge in [0.1, 0.15) is 11.6 Å². The van der Waals surface area contributed by atoms with E-state index >= 15 is 0 Å². The third-order valence-corrected chi connectivity index (χ3v) is 4.28. The molecule has 6 heteroatoms. The zero-order chi connectivity index (χ0) is 16.9. The number of aromatic nitrogens is 1. The predicted molar refractivity (Wildman–Crippen MR) is 90.9 cm³/mol. The van der Waals surface area contributed by atoms with E-state index in [0.29, 0.717) is 12.4 Å². The number of hydrogen-bond donors (Lipinski definition) is 2. The molecule has 1 aromatic carbocycles. The first-order chi connectivity index (χ1) is 11.7. The maximum atomic E-state index is 12.5. The highest BCUT2D eigenvalue weighted by molar-refractivity contribution is 5.88. The Labute approximate surface area is 141 Å². The van der Waals surface area contributed by atoms with Crippen molar-refractivity contribution in [3.05, 3.63) is 54.2 Å². The molecule has 1 saturated heterocycles. The minimum Gasteiger partial charge on any atom is -0.497 e. The Morgan fingerprint density at radius 3 is 2.79 bits per heavy atom. The molecule has 0 saturated carbocycles. The quantitative estimate of drug-likeness (QED) is 0.905. The molecule has 0 radical (unpaired) electrons. The number of anilines is 1. The normalized spacial score (nSPS) is 18.2. The maximum Gasteiger partial charge on any atom is 0.323 e. The van der Waals surface area contributed by atoms with Gasteiger partial charge in [0.2, 0.25) is 0 Å². The van der Waals surface area contributed by atoms with E-state index < -0.39 is 6.10 Å². The Bertz CT molecular complexity index is 676. The van der Waals surface area contributed by atoms with Crippen LogP contribution in [0.2, 0.25) is 0 Å². The van der Waals surface area contributed by atoms with Crippen LogP contribution in [0.25, 0.3) is 0 Å². The predicted octanol–water partition coefficient (Wildman–Crippen LogP) is 2.82. The van der Waals surface area contributed by atoms with Crippen molar-refractivity contribution >= 4 is 11.8 Å². The Balaban J connectivity index is 1.70. The summed E-state index contributed by atoms with van der Waals surface area (Å²) in [5.41, 5.74) is 0.776. The molecule has 0 spiro atoms. The van der Waals surface area contributed by atoms with E-state index in [0.717, 1.165) is 24.2 Å². The number of carbonyl (C=O) groups is 1. The van der Waals surface area contributed by atoms with Gasteiger partial charge in [-0.2, -0.15) is 0 Å². The van der Waals surface area contributed by atoms with Crippen molar-refractivity contribution in [1.29, 1.82) is 0 Å². The first-order valence-corrected chi connectivity index (χ1v) is 7.99. The number of aliphatic hydroxyl groups is 1. The number of urea groups is 1. The van der Waals surface area contributed by atoms with E-state index in [1.165, 1.54) is 0 Å². The Morgan fingerprint density at radius 1 is 1.33 bits per heavy atom. The molecular formula is C18H21N3O3. The standard InChI is InChI=1S/C18H21N3O3/c1-24-14-9-7-13(8-10-14)17(22)15-5-4-12-21(15)18(23)20-16-6-2-3-11-19-16/h2-3,6-11,15,17,22H,4-5,12H2,1H3,(H,19,20,23)/t15-,17+/m0/s1. The fourth-order valence-corrected chi connectivity index (χ4v) is 3.01. The number of rotatable bonds is 4. The summed E-state index contributed by atoms with van der Waals surface area (Å²) in [4.78, 5) is 18.3. The van der Waals surface area contributed by atoms with Gasteiger partial charge in [0, 0.05) is 12.7 Å². The van der Waals surface area contributed by atoms with Gasteiger partial charge < -0.3 is 14.7 Å².